The first-order valence-corrected chi connectivity index (χ1v) is 9.50. The molecule has 0 aromatic heterocycles. The Balaban J connectivity index is 2.11. The maximum Gasteiger partial charge on any atom is 0.339 e. The Kier molecular flexibility index (Phi) is 8.12. The van der Waals surface area contributed by atoms with Gasteiger partial charge in [0.15, 0.2) is 6.61 Å². The fourth-order valence-electron chi connectivity index (χ4n) is 2.98. The lowest BCUT2D eigenvalue weighted by atomic mass is 9.96. The summed E-state index contributed by atoms with van der Waals surface area (Å²) < 4.78 is 9.87. The number of benzene rings is 2. The second-order valence-electron chi connectivity index (χ2n) is 7.05. The number of hydrogen-bond donors (Lipinski definition) is 1. The number of ether oxygens (including phenoxy) is 2. The quantitative estimate of drug-likeness (QED) is 0.673. The van der Waals surface area contributed by atoms with Gasteiger partial charge in [-0.1, -0.05) is 50.2 Å². The van der Waals surface area contributed by atoms with E-state index in [0.717, 1.165) is 0 Å². The van der Waals surface area contributed by atoms with Gasteiger partial charge < -0.3 is 14.8 Å². The fraction of sp³-hybridized carbons (Fsp3) is 0.304. The third-order valence-electron chi connectivity index (χ3n) is 4.35. The molecule has 0 radical (unpaired) electrons. The molecule has 156 valence electrons. The van der Waals surface area contributed by atoms with Crippen molar-refractivity contribution in [2.24, 2.45) is 5.92 Å². The number of nitriles is 1. The van der Waals surface area contributed by atoms with Crippen LogP contribution in [0.15, 0.2) is 48.5 Å². The number of amides is 1. The van der Waals surface area contributed by atoms with E-state index in [-0.39, 0.29) is 11.5 Å². The molecule has 30 heavy (non-hydrogen) atoms. The first-order chi connectivity index (χ1) is 14.4. The van der Waals surface area contributed by atoms with Crippen LogP contribution in [0.1, 0.15) is 36.2 Å². The van der Waals surface area contributed by atoms with E-state index < -0.39 is 30.5 Å². The molecule has 0 saturated carbocycles. The van der Waals surface area contributed by atoms with Crippen LogP contribution >= 0.6 is 0 Å². The van der Waals surface area contributed by atoms with Gasteiger partial charge in [0.25, 0.3) is 5.91 Å². The molecule has 2 aromatic rings. The zero-order valence-electron chi connectivity index (χ0n) is 17.2. The zero-order chi connectivity index (χ0) is 22.1. The Morgan fingerprint density at radius 2 is 1.67 bits per heavy atom. The predicted octanol–water partition coefficient (Wildman–Crippen LogP) is 3.09. The van der Waals surface area contributed by atoms with Crippen molar-refractivity contribution in [3.8, 4) is 17.2 Å². The number of carbonyl (C=O) groups excluding carboxylic acids is 3. The molecule has 0 aliphatic carbocycles. The number of nitrogens with one attached hydrogen (secondary N) is 1. The SMILES string of the molecule is COC(=O)[C@@H](CC(C)C)NC(=O)COC(=O)c1ccccc1-c1ccccc1C#N. The number of nitrogens with zero attached hydrogens (tertiary/aromatic N) is 1. The van der Waals surface area contributed by atoms with E-state index in [1.54, 1.807) is 48.5 Å². The maximum atomic E-state index is 12.6. The molecule has 0 aliphatic heterocycles. The number of carbonyl (C=O) groups is 3. The van der Waals surface area contributed by atoms with Crippen molar-refractivity contribution in [1.82, 2.24) is 5.32 Å². The molecule has 1 atom stereocenters. The minimum absolute atomic E-state index is 0.157. The highest BCUT2D eigenvalue weighted by atomic mass is 16.5. The minimum atomic E-state index is -0.809. The van der Waals surface area contributed by atoms with Gasteiger partial charge in [0.1, 0.15) is 6.04 Å². The third kappa shape index (κ3) is 5.92. The van der Waals surface area contributed by atoms with Crippen molar-refractivity contribution in [1.29, 1.82) is 5.26 Å². The average molecular weight is 408 g/mol. The standard InChI is InChI=1S/C23H24N2O5/c1-15(2)12-20(23(28)29-3)25-21(26)14-30-22(27)19-11-7-6-10-18(19)17-9-5-4-8-16(17)13-24/h4-11,15,20H,12,14H2,1-3H3,(H,25,26)/t20-/m1/s1. The molecule has 0 unspecified atom stereocenters. The lowest BCUT2D eigenvalue weighted by Crippen LogP contribution is -2.44. The molecule has 7 heteroatoms. The Bertz CT molecular complexity index is 962. The highest BCUT2D eigenvalue weighted by Gasteiger charge is 2.23. The van der Waals surface area contributed by atoms with Crippen LogP contribution < -0.4 is 5.32 Å². The van der Waals surface area contributed by atoms with Crippen molar-refractivity contribution in [2.45, 2.75) is 26.3 Å². The van der Waals surface area contributed by atoms with Crippen LogP contribution in [0, 0.1) is 17.2 Å². The van der Waals surface area contributed by atoms with Gasteiger partial charge in [-0.25, -0.2) is 9.59 Å². The lowest BCUT2D eigenvalue weighted by Gasteiger charge is -2.18. The Hall–Kier alpha value is -3.66. The van der Waals surface area contributed by atoms with Crippen molar-refractivity contribution in [2.75, 3.05) is 13.7 Å². The molecule has 0 heterocycles. The van der Waals surface area contributed by atoms with Crippen molar-refractivity contribution >= 4 is 17.8 Å². The molecule has 1 amide bonds. The predicted molar refractivity (Wildman–Crippen MR) is 110 cm³/mol. The van der Waals surface area contributed by atoms with E-state index in [0.29, 0.717) is 23.1 Å². The normalized spacial score (nSPS) is 11.3. The van der Waals surface area contributed by atoms with Gasteiger partial charge in [-0.3, -0.25) is 4.79 Å². The van der Waals surface area contributed by atoms with Crippen LogP contribution in [0.3, 0.4) is 0 Å². The summed E-state index contributed by atoms with van der Waals surface area (Å²) in [6.07, 6.45) is 0.403. The summed E-state index contributed by atoms with van der Waals surface area (Å²) in [5, 5.41) is 11.9. The highest BCUT2D eigenvalue weighted by molar-refractivity contribution is 5.99. The molecule has 0 fully saturated rings. The summed E-state index contributed by atoms with van der Waals surface area (Å²) in [4.78, 5) is 36.7. The third-order valence-corrected chi connectivity index (χ3v) is 4.35. The van der Waals surface area contributed by atoms with Gasteiger partial charge in [-0.15, -0.1) is 0 Å². The first kappa shape index (κ1) is 22.6. The molecule has 0 bridgehead atoms. The largest absolute Gasteiger partial charge is 0.467 e. The topological polar surface area (TPSA) is 105 Å². The summed E-state index contributed by atoms with van der Waals surface area (Å²) in [7, 11) is 1.25. The first-order valence-electron chi connectivity index (χ1n) is 9.50. The Morgan fingerprint density at radius 1 is 1.03 bits per heavy atom. The van der Waals surface area contributed by atoms with E-state index in [1.165, 1.54) is 7.11 Å². The smallest absolute Gasteiger partial charge is 0.339 e. The Morgan fingerprint density at radius 3 is 2.30 bits per heavy atom. The van der Waals surface area contributed by atoms with Gasteiger partial charge in [0.05, 0.1) is 24.3 Å². The summed E-state index contributed by atoms with van der Waals surface area (Å²) in [5.41, 5.74) is 1.79. The number of rotatable bonds is 8. The number of esters is 2. The molecule has 2 rings (SSSR count). The summed E-state index contributed by atoms with van der Waals surface area (Å²) in [6.45, 7) is 3.29. The van der Waals surface area contributed by atoms with Crippen LogP contribution in [0.5, 0.6) is 0 Å². The van der Waals surface area contributed by atoms with Crippen molar-refractivity contribution < 1.29 is 23.9 Å². The van der Waals surface area contributed by atoms with E-state index in [4.69, 9.17) is 9.47 Å². The van der Waals surface area contributed by atoms with Gasteiger partial charge in [-0.2, -0.15) is 5.26 Å². The molecule has 2 aromatic carbocycles. The summed E-state index contributed by atoms with van der Waals surface area (Å²) in [6, 6.07) is 14.9. The Labute approximate surface area is 175 Å². The molecule has 0 spiro atoms. The van der Waals surface area contributed by atoms with Gasteiger partial charge >= 0.3 is 11.9 Å². The summed E-state index contributed by atoms with van der Waals surface area (Å²) in [5.74, 6) is -1.70. The fourth-order valence-corrected chi connectivity index (χ4v) is 2.98. The van der Waals surface area contributed by atoms with Crippen LogP contribution in [0.4, 0.5) is 0 Å². The van der Waals surface area contributed by atoms with Crippen LogP contribution in [-0.2, 0) is 19.1 Å². The summed E-state index contributed by atoms with van der Waals surface area (Å²) >= 11 is 0. The monoisotopic (exact) mass is 408 g/mol. The van der Waals surface area contributed by atoms with Gasteiger partial charge in [0.2, 0.25) is 0 Å². The highest BCUT2D eigenvalue weighted by Crippen LogP contribution is 2.27. The molecular weight excluding hydrogens is 384 g/mol. The van der Waals surface area contributed by atoms with E-state index in [1.807, 2.05) is 13.8 Å². The van der Waals surface area contributed by atoms with E-state index in [2.05, 4.69) is 11.4 Å². The minimum Gasteiger partial charge on any atom is -0.467 e. The second kappa shape index (κ2) is 10.8. The van der Waals surface area contributed by atoms with Crippen LogP contribution in [0.25, 0.3) is 11.1 Å². The van der Waals surface area contributed by atoms with Gasteiger partial charge in [0, 0.05) is 5.56 Å². The molecule has 7 nitrogen and oxygen atoms in total. The van der Waals surface area contributed by atoms with Gasteiger partial charge in [-0.05, 0) is 30.0 Å². The average Bonchev–Trinajstić information content (AvgIpc) is 2.76. The maximum absolute atomic E-state index is 12.6. The number of methoxy groups -OCH3 is 1. The molecule has 0 aliphatic rings. The van der Waals surface area contributed by atoms with Crippen LogP contribution in [-0.4, -0.2) is 37.6 Å². The lowest BCUT2D eigenvalue weighted by molar-refractivity contribution is -0.145. The molecular formula is C23H24N2O5. The zero-order valence-corrected chi connectivity index (χ0v) is 17.2. The van der Waals surface area contributed by atoms with Crippen LogP contribution in [0.2, 0.25) is 0 Å². The number of hydrogen-bond acceptors (Lipinski definition) is 6. The molecule has 0 saturated heterocycles. The van der Waals surface area contributed by atoms with Crippen molar-refractivity contribution in [3.05, 3.63) is 59.7 Å². The van der Waals surface area contributed by atoms with E-state index >= 15 is 0 Å². The van der Waals surface area contributed by atoms with Crippen molar-refractivity contribution in [3.63, 3.8) is 0 Å². The van der Waals surface area contributed by atoms with E-state index in [9.17, 15) is 19.6 Å². The second-order valence-corrected chi connectivity index (χ2v) is 7.05. The molecule has 1 N–H and O–H groups in total.